The average molecular weight is 474 g/mol. The first-order valence-corrected chi connectivity index (χ1v) is 10.9. The van der Waals surface area contributed by atoms with Crippen LogP contribution in [0.4, 0.5) is 19.1 Å². The number of benzene rings is 1. The number of aromatic nitrogens is 6. The number of likely N-dealkylation sites (tertiary alicyclic amines) is 1. The third-order valence-electron chi connectivity index (χ3n) is 6.40. The van der Waals surface area contributed by atoms with Crippen molar-refractivity contribution in [1.29, 1.82) is 0 Å². The number of hydrogen-bond donors (Lipinski definition) is 1. The van der Waals surface area contributed by atoms with Gasteiger partial charge in [0.05, 0.1) is 31.1 Å². The predicted octanol–water partition coefficient (Wildman–Crippen LogP) is 3.32. The first-order chi connectivity index (χ1) is 16.2. The maximum atomic E-state index is 15.3. The van der Waals surface area contributed by atoms with E-state index in [-0.39, 0.29) is 24.8 Å². The Hall–Kier alpha value is -3.41. The Kier molecular flexibility index (Phi) is 5.34. The topological polar surface area (TPSA) is 99.4 Å². The maximum absolute atomic E-state index is 15.3. The molecule has 12 heteroatoms. The first kappa shape index (κ1) is 22.4. The number of nitrogens with zero attached hydrogens (tertiary/aromatic N) is 7. The van der Waals surface area contributed by atoms with E-state index in [0.29, 0.717) is 39.8 Å². The van der Waals surface area contributed by atoms with Crippen molar-refractivity contribution in [3.8, 4) is 17.0 Å². The maximum Gasteiger partial charge on any atom is 0.267 e. The lowest BCUT2D eigenvalue weighted by atomic mass is 9.84. The number of methoxy groups -OCH3 is 1. The third-order valence-corrected chi connectivity index (χ3v) is 6.40. The van der Waals surface area contributed by atoms with Gasteiger partial charge in [-0.1, -0.05) is 11.3 Å². The number of piperidine rings is 1. The van der Waals surface area contributed by atoms with Gasteiger partial charge in [-0.15, -0.1) is 10.2 Å². The standard InChI is InChI=1S/C22H25F3N8O/c1-12(9-23)33-17-8-13(4-5-16(17)28-30-33)18-14(15-6-7-31(2)11-22(15,24)25)10-32-19(18)20(34-3)27-21(26)29-32/h4-5,8,10,12,15H,6-7,9,11H2,1-3H3,(H2,26,29)/t12-,15-/m1/s1. The summed E-state index contributed by atoms with van der Waals surface area (Å²) in [6.07, 6.45) is 1.85. The van der Waals surface area contributed by atoms with Crippen molar-refractivity contribution in [2.24, 2.45) is 0 Å². The molecule has 1 aliphatic heterocycles. The summed E-state index contributed by atoms with van der Waals surface area (Å²) in [5.74, 6) is -3.87. The van der Waals surface area contributed by atoms with Crippen molar-refractivity contribution in [2.45, 2.75) is 31.2 Å². The van der Waals surface area contributed by atoms with Crippen molar-refractivity contribution in [3.05, 3.63) is 30.0 Å². The second-order valence-electron chi connectivity index (χ2n) is 8.81. The summed E-state index contributed by atoms with van der Waals surface area (Å²) in [6.45, 7) is 1.25. The zero-order valence-corrected chi connectivity index (χ0v) is 19.0. The van der Waals surface area contributed by atoms with Gasteiger partial charge in [0.2, 0.25) is 11.8 Å². The summed E-state index contributed by atoms with van der Waals surface area (Å²) in [7, 11) is 3.12. The van der Waals surface area contributed by atoms with Crippen LogP contribution in [0, 0.1) is 0 Å². The van der Waals surface area contributed by atoms with Gasteiger partial charge in [-0.05, 0) is 50.2 Å². The summed E-state index contributed by atoms with van der Waals surface area (Å²) >= 11 is 0. The van der Waals surface area contributed by atoms with Gasteiger partial charge in [-0.25, -0.2) is 22.4 Å². The second kappa shape index (κ2) is 8.12. The average Bonchev–Trinajstić information content (AvgIpc) is 3.38. The summed E-state index contributed by atoms with van der Waals surface area (Å²) in [5.41, 5.74) is 9.02. The van der Waals surface area contributed by atoms with E-state index in [1.807, 2.05) is 0 Å². The number of fused-ring (bicyclic) bond motifs is 2. The molecule has 2 atom stereocenters. The smallest absolute Gasteiger partial charge is 0.267 e. The van der Waals surface area contributed by atoms with Gasteiger partial charge >= 0.3 is 0 Å². The van der Waals surface area contributed by atoms with Crippen LogP contribution in [-0.2, 0) is 0 Å². The lowest BCUT2D eigenvalue weighted by molar-refractivity contribution is -0.0764. The minimum absolute atomic E-state index is 0.0397. The van der Waals surface area contributed by atoms with Crippen LogP contribution in [0.5, 0.6) is 5.88 Å². The quantitative estimate of drug-likeness (QED) is 0.474. The predicted molar refractivity (Wildman–Crippen MR) is 121 cm³/mol. The number of alkyl halides is 3. The molecule has 1 saturated heterocycles. The van der Waals surface area contributed by atoms with Crippen LogP contribution in [0.2, 0.25) is 0 Å². The van der Waals surface area contributed by atoms with Gasteiger partial charge in [0.15, 0.2) is 0 Å². The molecule has 0 unspecified atom stereocenters. The van der Waals surface area contributed by atoms with Crippen LogP contribution >= 0.6 is 0 Å². The van der Waals surface area contributed by atoms with Crippen LogP contribution < -0.4 is 10.5 Å². The highest BCUT2D eigenvalue weighted by Gasteiger charge is 2.46. The Morgan fingerprint density at radius 1 is 1.32 bits per heavy atom. The van der Waals surface area contributed by atoms with Gasteiger partial charge in [0.25, 0.3) is 5.92 Å². The van der Waals surface area contributed by atoms with Gasteiger partial charge in [0, 0.05) is 11.8 Å². The molecule has 4 aromatic rings. The number of nitrogen functional groups attached to an aromatic ring is 1. The fourth-order valence-electron chi connectivity index (χ4n) is 4.77. The van der Waals surface area contributed by atoms with Crippen LogP contribution in [0.15, 0.2) is 24.4 Å². The summed E-state index contributed by atoms with van der Waals surface area (Å²) in [5, 5.41) is 12.4. The normalized spacial score (nSPS) is 19.6. The zero-order valence-electron chi connectivity index (χ0n) is 19.0. The number of rotatable bonds is 5. The molecule has 2 N–H and O–H groups in total. The molecule has 9 nitrogen and oxygen atoms in total. The molecule has 0 aliphatic carbocycles. The van der Waals surface area contributed by atoms with E-state index >= 15 is 8.78 Å². The monoisotopic (exact) mass is 474 g/mol. The van der Waals surface area contributed by atoms with Crippen molar-refractivity contribution in [3.63, 3.8) is 0 Å². The van der Waals surface area contributed by atoms with Crippen LogP contribution in [0.1, 0.15) is 30.9 Å². The number of hydrogen-bond acceptors (Lipinski definition) is 7. The fraction of sp³-hybridized carbons (Fsp3) is 0.455. The molecule has 1 fully saturated rings. The molecule has 180 valence electrons. The SMILES string of the molecule is COc1nc(N)nn2cc([C@H]3CCN(C)CC3(F)F)c(-c3ccc4nnn([C@H](C)CF)c4c3)c12. The van der Waals surface area contributed by atoms with E-state index in [1.54, 1.807) is 43.3 Å². The third kappa shape index (κ3) is 3.52. The van der Waals surface area contributed by atoms with E-state index < -0.39 is 24.6 Å². The van der Waals surface area contributed by atoms with Crippen molar-refractivity contribution < 1.29 is 17.9 Å². The number of halogens is 3. The molecular weight excluding hydrogens is 449 g/mol. The molecule has 1 aliphatic rings. The fourth-order valence-corrected chi connectivity index (χ4v) is 4.77. The highest BCUT2D eigenvalue weighted by molar-refractivity contribution is 5.91. The minimum Gasteiger partial charge on any atom is -0.479 e. The van der Waals surface area contributed by atoms with Gasteiger partial charge in [-0.2, -0.15) is 4.98 Å². The number of anilines is 1. The molecule has 34 heavy (non-hydrogen) atoms. The Morgan fingerprint density at radius 3 is 2.82 bits per heavy atom. The lowest BCUT2D eigenvalue weighted by Gasteiger charge is -2.36. The second-order valence-corrected chi connectivity index (χ2v) is 8.81. The molecule has 1 aromatic carbocycles. The Balaban J connectivity index is 1.79. The minimum atomic E-state index is -2.96. The Morgan fingerprint density at radius 2 is 2.12 bits per heavy atom. The molecule has 3 aromatic heterocycles. The van der Waals surface area contributed by atoms with Crippen molar-refractivity contribution in [2.75, 3.05) is 39.7 Å². The van der Waals surface area contributed by atoms with Crippen molar-refractivity contribution in [1.82, 2.24) is 34.5 Å². The molecule has 0 spiro atoms. The highest BCUT2D eigenvalue weighted by Crippen LogP contribution is 2.47. The number of nitrogens with two attached hydrogens (primary N) is 1. The van der Waals surface area contributed by atoms with Gasteiger partial charge in [-0.3, -0.25) is 0 Å². The van der Waals surface area contributed by atoms with Crippen LogP contribution in [-0.4, -0.2) is 74.3 Å². The molecule has 5 rings (SSSR count). The summed E-state index contributed by atoms with van der Waals surface area (Å²) in [6, 6.07) is 4.78. The van der Waals surface area contributed by atoms with Gasteiger partial charge < -0.3 is 15.4 Å². The Labute approximate surface area is 193 Å². The molecule has 0 amide bonds. The van der Waals surface area contributed by atoms with E-state index in [0.717, 1.165) is 0 Å². The molecule has 4 heterocycles. The van der Waals surface area contributed by atoms with Gasteiger partial charge in [0.1, 0.15) is 17.7 Å². The molecular formula is C22H25F3N8O. The van der Waals surface area contributed by atoms with E-state index in [9.17, 15) is 4.39 Å². The van der Waals surface area contributed by atoms with E-state index in [2.05, 4.69) is 20.4 Å². The Bertz CT molecular complexity index is 1370. The zero-order chi connectivity index (χ0) is 24.2. The number of ether oxygens (including phenoxy) is 1. The van der Waals surface area contributed by atoms with E-state index in [1.165, 1.54) is 16.3 Å². The van der Waals surface area contributed by atoms with E-state index in [4.69, 9.17) is 10.5 Å². The summed E-state index contributed by atoms with van der Waals surface area (Å²) < 4.78 is 52.4. The van der Waals surface area contributed by atoms with Crippen LogP contribution in [0.3, 0.4) is 0 Å². The molecule has 0 bridgehead atoms. The highest BCUT2D eigenvalue weighted by atomic mass is 19.3. The molecule has 0 radical (unpaired) electrons. The van der Waals surface area contributed by atoms with Crippen LogP contribution in [0.25, 0.3) is 27.7 Å². The van der Waals surface area contributed by atoms with Crippen molar-refractivity contribution >= 4 is 22.5 Å². The summed E-state index contributed by atoms with van der Waals surface area (Å²) in [4.78, 5) is 5.80. The molecule has 0 saturated carbocycles. The first-order valence-electron chi connectivity index (χ1n) is 10.9. The lowest BCUT2D eigenvalue weighted by Crippen LogP contribution is -2.45. The largest absolute Gasteiger partial charge is 0.479 e.